The Morgan fingerprint density at radius 3 is 0.627 bits per heavy atom. The number of anilines is 3. The number of fused-ring (bicyclic) bond motifs is 3. The summed E-state index contributed by atoms with van der Waals surface area (Å²) in [5.74, 6) is -4.73. The summed E-state index contributed by atoms with van der Waals surface area (Å²) < 4.78 is 32.3. The van der Waals surface area contributed by atoms with Crippen LogP contribution in [0.2, 0.25) is 0 Å². The molecule has 0 heterocycles. The van der Waals surface area contributed by atoms with Crippen LogP contribution in [-0.4, -0.2) is 94.7 Å². The van der Waals surface area contributed by atoms with Crippen LogP contribution in [0.1, 0.15) is 104 Å². The fraction of sp³-hybridized carbons (Fsp3) is 0.211. The zero-order valence-corrected chi connectivity index (χ0v) is 41.8. The summed E-state index contributed by atoms with van der Waals surface area (Å²) in [5.41, 5.74) is 4.59. The third-order valence-electron chi connectivity index (χ3n) is 12.0. The predicted octanol–water partition coefficient (Wildman–Crippen LogP) is 9.77. The zero-order chi connectivity index (χ0) is 53.9. The third kappa shape index (κ3) is 10.4. The molecule has 0 radical (unpaired) electrons. The van der Waals surface area contributed by atoms with Crippen molar-refractivity contribution in [2.24, 2.45) is 0 Å². The lowest BCUT2D eigenvalue weighted by atomic mass is 9.94. The second kappa shape index (κ2) is 23.8. The molecule has 0 bridgehead atoms. The van der Waals surface area contributed by atoms with Crippen LogP contribution >= 0.6 is 0 Å². The highest BCUT2D eigenvalue weighted by Crippen LogP contribution is 2.46. The highest BCUT2D eigenvalue weighted by atomic mass is 16.6. The van der Waals surface area contributed by atoms with Crippen LogP contribution < -0.4 is 16.0 Å². The summed E-state index contributed by atoms with van der Waals surface area (Å²) in [6.07, 6.45) is 1.05. The second-order valence-corrected chi connectivity index (χ2v) is 16.1. The Morgan fingerprint density at radius 2 is 0.480 bits per heavy atom. The Kier molecular flexibility index (Phi) is 17.0. The van der Waals surface area contributed by atoms with Gasteiger partial charge in [-0.2, -0.15) is 0 Å². The van der Waals surface area contributed by atoms with E-state index in [1.54, 1.807) is 114 Å². The number of rotatable bonds is 21. The minimum atomic E-state index is -0.788. The maximum absolute atomic E-state index is 13.6. The number of hydrogen-bond donors (Lipinski definition) is 3. The first-order valence-electron chi connectivity index (χ1n) is 23.9. The van der Waals surface area contributed by atoms with E-state index in [2.05, 4.69) is 16.0 Å². The lowest BCUT2D eigenvalue weighted by Crippen LogP contribution is -2.11. The molecule has 0 aromatic heterocycles. The van der Waals surface area contributed by atoms with E-state index in [1.807, 2.05) is 18.2 Å². The number of amides is 3. The van der Waals surface area contributed by atoms with Crippen LogP contribution in [-0.2, 0) is 42.8 Å². The summed E-state index contributed by atoms with van der Waals surface area (Å²) in [5, 5.41) is 7.51. The molecule has 0 saturated heterocycles. The molecule has 0 unspecified atom stereocenters. The van der Waals surface area contributed by atoms with Gasteiger partial charge in [-0.25, -0.2) is 28.8 Å². The van der Waals surface area contributed by atoms with Gasteiger partial charge in [0, 0.05) is 0 Å². The van der Waals surface area contributed by atoms with Gasteiger partial charge in [0.25, 0.3) is 0 Å². The Labute approximate surface area is 430 Å². The van der Waals surface area contributed by atoms with E-state index < -0.39 is 35.8 Å². The summed E-state index contributed by atoms with van der Waals surface area (Å²) in [6.45, 7) is 9.73. The molecule has 0 spiro atoms. The number of hydrogen-bond acceptors (Lipinski definition) is 15. The Balaban J connectivity index is 1.55. The standard InChI is InChI=1S/C57H51N3O15/c1-7-70-52(64)43-37-19-13-31(14-20-38(37)44(49(43)58-28-61)53(65)71-8-2)34-25-35(32-15-21-39-40(22-16-32)46(55(67)73-10-4)50(59-29-62)45(39)54(66)72-9-3)27-36(26-34)33-17-23-41-42(24-18-33)48(57(69)75-12-6)51(60-30-63)47(41)56(68)74-11-5/h13-30H,7-12H2,1-6H3,(H,58,61)(H,59,62)(H,60,63). The summed E-state index contributed by atoms with van der Waals surface area (Å²) >= 11 is 0. The molecule has 6 aliphatic carbocycles. The normalized spacial score (nSPS) is 10.8. The van der Waals surface area contributed by atoms with Gasteiger partial charge in [0.1, 0.15) is 0 Å². The molecule has 1 aromatic carbocycles. The molecular weight excluding hydrogens is 967 g/mol. The SMILES string of the molecule is CCOC(=O)c1c2ccc(-c3cc(-c4ccc5c(C(=O)OCC)c(NC=O)c(C(=O)OCC)c-5cc4)cc(-c4ccc5c(C(=O)OCC)c(NC=O)c(C(=O)OCC)c-5cc4)c3)ccc-2c(C(=O)OCC)c1NC=O. The maximum Gasteiger partial charge on any atom is 0.340 e. The molecule has 18 heteroatoms. The van der Waals surface area contributed by atoms with Gasteiger partial charge in [-0.05, 0) is 127 Å². The van der Waals surface area contributed by atoms with E-state index in [0.717, 1.165) is 0 Å². The molecular formula is C57H51N3O15. The van der Waals surface area contributed by atoms with Gasteiger partial charge in [0.2, 0.25) is 19.2 Å². The van der Waals surface area contributed by atoms with E-state index >= 15 is 0 Å². The molecule has 3 amide bonds. The average molecular weight is 1020 g/mol. The van der Waals surface area contributed by atoms with Crippen molar-refractivity contribution in [3.05, 3.63) is 124 Å². The number of esters is 6. The topological polar surface area (TPSA) is 245 Å². The van der Waals surface area contributed by atoms with E-state index in [9.17, 15) is 43.2 Å². The van der Waals surface area contributed by atoms with E-state index in [-0.39, 0.29) is 123 Å². The Hall–Kier alpha value is -9.45. The quantitative estimate of drug-likeness (QED) is 0.0344. The first kappa shape index (κ1) is 53.4. The van der Waals surface area contributed by atoms with Crippen LogP contribution in [0.3, 0.4) is 0 Å². The monoisotopic (exact) mass is 1020 g/mol. The lowest BCUT2D eigenvalue weighted by molar-refractivity contribution is -0.106. The number of ether oxygens (including phenoxy) is 6. The average Bonchev–Trinajstić information content (AvgIpc) is 3.71. The zero-order valence-electron chi connectivity index (χ0n) is 41.8. The summed E-state index contributed by atoms with van der Waals surface area (Å²) in [7, 11) is 0. The van der Waals surface area contributed by atoms with E-state index in [4.69, 9.17) is 28.4 Å². The first-order valence-corrected chi connectivity index (χ1v) is 23.9. The molecule has 7 rings (SSSR count). The molecule has 0 saturated carbocycles. The predicted molar refractivity (Wildman–Crippen MR) is 277 cm³/mol. The molecule has 18 nitrogen and oxygen atoms in total. The smallest absolute Gasteiger partial charge is 0.340 e. The van der Waals surface area contributed by atoms with Crippen molar-refractivity contribution in [2.45, 2.75) is 41.5 Å². The number of carbonyl (C=O) groups excluding carboxylic acids is 9. The summed E-state index contributed by atoms with van der Waals surface area (Å²) in [4.78, 5) is 117. The first-order chi connectivity index (χ1) is 36.4. The molecule has 384 valence electrons. The van der Waals surface area contributed by atoms with Gasteiger partial charge in [0.05, 0.1) is 90.1 Å². The largest absolute Gasteiger partial charge is 0.462 e. The minimum Gasteiger partial charge on any atom is -0.462 e. The minimum absolute atomic E-state index is 0.000200. The second-order valence-electron chi connectivity index (χ2n) is 16.1. The number of nitrogens with one attached hydrogen (secondary N) is 3. The number of benzene rings is 1. The Morgan fingerprint density at radius 1 is 0.307 bits per heavy atom. The molecule has 6 aliphatic rings. The van der Waals surface area contributed by atoms with Gasteiger partial charge in [-0.3, -0.25) is 14.4 Å². The van der Waals surface area contributed by atoms with Gasteiger partial charge in [0.15, 0.2) is 0 Å². The van der Waals surface area contributed by atoms with Gasteiger partial charge in [-0.1, -0.05) is 72.8 Å². The van der Waals surface area contributed by atoms with Crippen LogP contribution in [0.15, 0.2) is 91.0 Å². The Bertz CT molecular complexity index is 2780. The van der Waals surface area contributed by atoms with Gasteiger partial charge >= 0.3 is 35.8 Å². The molecule has 0 atom stereocenters. The van der Waals surface area contributed by atoms with Crippen molar-refractivity contribution in [1.29, 1.82) is 0 Å². The van der Waals surface area contributed by atoms with Crippen LogP contribution in [0, 0.1) is 0 Å². The molecule has 1 aromatic rings. The number of carbonyl (C=O) groups is 9. The fourth-order valence-electron chi connectivity index (χ4n) is 9.04. The van der Waals surface area contributed by atoms with Crippen molar-refractivity contribution in [3.63, 3.8) is 0 Å². The maximum atomic E-state index is 13.6. The van der Waals surface area contributed by atoms with Crippen molar-refractivity contribution in [1.82, 2.24) is 0 Å². The van der Waals surface area contributed by atoms with Gasteiger partial charge in [-0.15, -0.1) is 0 Å². The summed E-state index contributed by atoms with van der Waals surface area (Å²) in [6, 6.07) is 25.7. The van der Waals surface area contributed by atoms with Crippen LogP contribution in [0.25, 0.3) is 66.8 Å². The van der Waals surface area contributed by atoms with Crippen LogP contribution in [0.4, 0.5) is 17.1 Å². The van der Waals surface area contributed by atoms with Crippen molar-refractivity contribution in [2.75, 3.05) is 55.6 Å². The molecule has 0 aliphatic heterocycles. The van der Waals surface area contributed by atoms with Crippen LogP contribution in [0.5, 0.6) is 0 Å². The van der Waals surface area contributed by atoms with Crippen molar-refractivity contribution in [3.8, 4) is 66.8 Å². The molecule has 3 N–H and O–H groups in total. The van der Waals surface area contributed by atoms with Gasteiger partial charge < -0.3 is 44.4 Å². The highest BCUT2D eigenvalue weighted by Gasteiger charge is 2.35. The highest BCUT2D eigenvalue weighted by molar-refractivity contribution is 6.20. The van der Waals surface area contributed by atoms with Crippen molar-refractivity contribution < 1.29 is 71.6 Å². The van der Waals surface area contributed by atoms with E-state index in [0.29, 0.717) is 52.6 Å². The van der Waals surface area contributed by atoms with E-state index in [1.165, 1.54) is 0 Å². The lowest BCUT2D eigenvalue weighted by Gasteiger charge is -2.10. The third-order valence-corrected chi connectivity index (χ3v) is 12.0. The molecule has 0 fully saturated rings. The fourth-order valence-corrected chi connectivity index (χ4v) is 9.04. The van der Waals surface area contributed by atoms with Crippen molar-refractivity contribution >= 4 is 72.1 Å². The molecule has 75 heavy (non-hydrogen) atoms.